The Kier molecular flexibility index (Phi) is 1.86. The van der Waals surface area contributed by atoms with Crippen molar-refractivity contribution in [1.29, 1.82) is 0 Å². The summed E-state index contributed by atoms with van der Waals surface area (Å²) in [5, 5.41) is 0. The van der Waals surface area contributed by atoms with Gasteiger partial charge in [-0.3, -0.25) is 0 Å². The predicted octanol–water partition coefficient (Wildman–Crippen LogP) is 2.10. The molecule has 2 saturated carbocycles. The molecule has 4 nitrogen and oxygen atoms in total. The summed E-state index contributed by atoms with van der Waals surface area (Å²) in [6.45, 7) is 0.546. The van der Waals surface area contributed by atoms with Gasteiger partial charge in [0.05, 0.1) is 0 Å². The first-order valence-electron chi connectivity index (χ1n) is 6.44. The van der Waals surface area contributed by atoms with Crippen molar-refractivity contribution in [1.82, 2.24) is 14.5 Å². The lowest BCUT2D eigenvalue weighted by Crippen LogP contribution is -2.01. The molecule has 0 aromatic carbocycles. The third-order valence-electron chi connectivity index (χ3n) is 3.76. The largest absolute Gasteiger partial charge is 0.326 e. The van der Waals surface area contributed by atoms with E-state index in [2.05, 4.69) is 9.55 Å². The summed E-state index contributed by atoms with van der Waals surface area (Å²) >= 11 is 0. The van der Waals surface area contributed by atoms with Crippen molar-refractivity contribution in [3.8, 4) is 0 Å². The molecule has 2 N–H and O–H groups in total. The predicted molar refractivity (Wildman–Crippen MR) is 65.7 cm³/mol. The van der Waals surface area contributed by atoms with Gasteiger partial charge < -0.3 is 10.3 Å². The first-order chi connectivity index (χ1) is 8.38. The molecule has 0 spiro atoms. The first-order valence-corrected chi connectivity index (χ1v) is 6.44. The molecular weight excluding hydrogens is 212 g/mol. The van der Waals surface area contributed by atoms with Crippen molar-refractivity contribution >= 4 is 11.2 Å². The quantitative estimate of drug-likeness (QED) is 0.875. The highest BCUT2D eigenvalue weighted by Crippen LogP contribution is 2.46. The van der Waals surface area contributed by atoms with Gasteiger partial charge in [-0.1, -0.05) is 0 Å². The van der Waals surface area contributed by atoms with Gasteiger partial charge in [0.15, 0.2) is 5.65 Å². The second-order valence-electron chi connectivity index (χ2n) is 5.19. The molecule has 2 heterocycles. The average molecular weight is 228 g/mol. The van der Waals surface area contributed by atoms with E-state index in [1.807, 2.05) is 12.3 Å². The van der Waals surface area contributed by atoms with Gasteiger partial charge in [-0.2, -0.15) is 0 Å². The van der Waals surface area contributed by atoms with E-state index in [-0.39, 0.29) is 0 Å². The summed E-state index contributed by atoms with van der Waals surface area (Å²) < 4.78 is 2.38. The molecule has 0 saturated heterocycles. The molecule has 4 rings (SSSR count). The Morgan fingerprint density at radius 2 is 2.12 bits per heavy atom. The van der Waals surface area contributed by atoms with Crippen LogP contribution in [0.2, 0.25) is 0 Å². The maximum atomic E-state index is 5.78. The van der Waals surface area contributed by atoms with Crippen LogP contribution < -0.4 is 5.73 Å². The summed E-state index contributed by atoms with van der Waals surface area (Å²) in [6.07, 6.45) is 6.99. The maximum Gasteiger partial charge on any atom is 0.160 e. The highest BCUT2D eigenvalue weighted by molar-refractivity contribution is 5.76. The van der Waals surface area contributed by atoms with E-state index in [4.69, 9.17) is 10.7 Å². The zero-order valence-corrected chi connectivity index (χ0v) is 9.76. The highest BCUT2D eigenvalue weighted by atomic mass is 15.2. The summed E-state index contributed by atoms with van der Waals surface area (Å²) in [5.74, 6) is 1.94. The SMILES string of the molecule is NCc1ccnc2c1nc(C1CC1)n2C1CC1. The van der Waals surface area contributed by atoms with Crippen LogP contribution in [0.25, 0.3) is 11.2 Å². The Labute approximate surface area is 99.9 Å². The fourth-order valence-corrected chi connectivity index (χ4v) is 2.54. The number of rotatable bonds is 3. The molecule has 4 heteroatoms. The number of nitrogens with two attached hydrogens (primary N) is 1. The minimum absolute atomic E-state index is 0.546. The number of pyridine rings is 1. The van der Waals surface area contributed by atoms with Crippen LogP contribution in [0.4, 0.5) is 0 Å². The van der Waals surface area contributed by atoms with Crippen molar-refractivity contribution in [3.05, 3.63) is 23.7 Å². The van der Waals surface area contributed by atoms with E-state index in [0.29, 0.717) is 18.5 Å². The molecule has 0 bridgehead atoms. The van der Waals surface area contributed by atoms with Gasteiger partial charge in [0.25, 0.3) is 0 Å². The molecule has 88 valence electrons. The maximum absolute atomic E-state index is 5.78. The standard InChI is InChI=1S/C13H16N4/c14-7-9-5-6-15-13-11(9)16-12(8-1-2-8)17(13)10-3-4-10/h5-6,8,10H,1-4,7,14H2. The van der Waals surface area contributed by atoms with Crippen LogP contribution >= 0.6 is 0 Å². The number of imidazole rings is 1. The van der Waals surface area contributed by atoms with Crippen LogP contribution in [-0.2, 0) is 6.54 Å². The van der Waals surface area contributed by atoms with Gasteiger partial charge in [0, 0.05) is 24.7 Å². The second kappa shape index (κ2) is 3.29. The molecule has 2 aliphatic carbocycles. The van der Waals surface area contributed by atoms with Crippen LogP contribution in [0.3, 0.4) is 0 Å². The topological polar surface area (TPSA) is 56.7 Å². The number of hydrogen-bond donors (Lipinski definition) is 1. The van der Waals surface area contributed by atoms with Crippen molar-refractivity contribution in [3.63, 3.8) is 0 Å². The van der Waals surface area contributed by atoms with Gasteiger partial charge in [-0.15, -0.1) is 0 Å². The second-order valence-corrected chi connectivity index (χ2v) is 5.19. The van der Waals surface area contributed by atoms with E-state index in [1.54, 1.807) is 0 Å². The van der Waals surface area contributed by atoms with E-state index >= 15 is 0 Å². The summed E-state index contributed by atoms with van der Waals surface area (Å²) in [5.41, 5.74) is 8.99. The van der Waals surface area contributed by atoms with Gasteiger partial charge in [-0.05, 0) is 37.3 Å². The third-order valence-corrected chi connectivity index (χ3v) is 3.76. The lowest BCUT2D eigenvalue weighted by atomic mass is 10.2. The summed E-state index contributed by atoms with van der Waals surface area (Å²) in [7, 11) is 0. The smallest absolute Gasteiger partial charge is 0.160 e. The van der Waals surface area contributed by atoms with E-state index < -0.39 is 0 Å². The molecule has 2 fully saturated rings. The van der Waals surface area contributed by atoms with Crippen molar-refractivity contribution in [2.24, 2.45) is 5.73 Å². The minimum Gasteiger partial charge on any atom is -0.326 e. The van der Waals surface area contributed by atoms with Crippen molar-refractivity contribution in [2.75, 3.05) is 0 Å². The van der Waals surface area contributed by atoms with Crippen LogP contribution in [0.1, 0.15) is 49.0 Å². The Hall–Kier alpha value is -1.42. The number of hydrogen-bond acceptors (Lipinski definition) is 3. The Morgan fingerprint density at radius 3 is 2.76 bits per heavy atom. The Balaban J connectivity index is 2.00. The molecule has 2 aliphatic rings. The average Bonchev–Trinajstić information content (AvgIpc) is 3.24. The minimum atomic E-state index is 0.546. The van der Waals surface area contributed by atoms with Gasteiger partial charge >= 0.3 is 0 Å². The lowest BCUT2D eigenvalue weighted by molar-refractivity contribution is 0.697. The van der Waals surface area contributed by atoms with Gasteiger partial charge in [0.2, 0.25) is 0 Å². The Bertz CT molecular complexity index is 578. The molecule has 17 heavy (non-hydrogen) atoms. The van der Waals surface area contributed by atoms with Crippen LogP contribution in [0, 0.1) is 0 Å². The van der Waals surface area contributed by atoms with Crippen LogP contribution in [0.5, 0.6) is 0 Å². The molecule has 0 amide bonds. The van der Waals surface area contributed by atoms with Crippen LogP contribution in [-0.4, -0.2) is 14.5 Å². The number of fused-ring (bicyclic) bond motifs is 1. The monoisotopic (exact) mass is 228 g/mol. The zero-order chi connectivity index (χ0) is 11.4. The van der Waals surface area contributed by atoms with E-state index in [0.717, 1.165) is 16.7 Å². The first kappa shape index (κ1) is 9.59. The summed E-state index contributed by atoms with van der Waals surface area (Å²) in [4.78, 5) is 9.35. The molecule has 0 radical (unpaired) electrons. The van der Waals surface area contributed by atoms with Crippen molar-refractivity contribution in [2.45, 2.75) is 44.2 Å². The lowest BCUT2D eigenvalue weighted by Gasteiger charge is -2.05. The molecular formula is C13H16N4. The van der Waals surface area contributed by atoms with Crippen molar-refractivity contribution < 1.29 is 0 Å². The normalized spacial score (nSPS) is 20.1. The molecule has 0 aliphatic heterocycles. The fourth-order valence-electron chi connectivity index (χ4n) is 2.54. The zero-order valence-electron chi connectivity index (χ0n) is 9.76. The van der Waals surface area contributed by atoms with Crippen LogP contribution in [0.15, 0.2) is 12.3 Å². The van der Waals surface area contributed by atoms with E-state index in [1.165, 1.54) is 31.5 Å². The number of aromatic nitrogens is 3. The summed E-state index contributed by atoms with van der Waals surface area (Å²) in [6, 6.07) is 2.64. The highest BCUT2D eigenvalue weighted by Gasteiger charge is 2.35. The van der Waals surface area contributed by atoms with E-state index in [9.17, 15) is 0 Å². The van der Waals surface area contributed by atoms with Gasteiger partial charge in [0.1, 0.15) is 11.3 Å². The Morgan fingerprint density at radius 1 is 1.29 bits per heavy atom. The molecule has 2 aromatic rings. The molecule has 2 aromatic heterocycles. The number of nitrogens with zero attached hydrogens (tertiary/aromatic N) is 3. The molecule has 0 unspecified atom stereocenters. The third kappa shape index (κ3) is 1.40. The fraction of sp³-hybridized carbons (Fsp3) is 0.538. The molecule has 0 atom stereocenters. The van der Waals surface area contributed by atoms with Gasteiger partial charge in [-0.25, -0.2) is 9.97 Å².